The predicted molar refractivity (Wildman–Crippen MR) is 137 cm³/mol. The molecule has 0 radical (unpaired) electrons. The molecule has 2 fully saturated rings. The van der Waals surface area contributed by atoms with Crippen molar-refractivity contribution < 1.29 is 14.4 Å². The first-order valence-corrected chi connectivity index (χ1v) is 13.0. The van der Waals surface area contributed by atoms with E-state index < -0.39 is 0 Å². The maximum absolute atomic E-state index is 13.1. The fourth-order valence-electron chi connectivity index (χ4n) is 4.36. The predicted octanol–water partition coefficient (Wildman–Crippen LogP) is 7.52. The molecular formula is C28H35ClN2O3. The van der Waals surface area contributed by atoms with Crippen LogP contribution in [0.15, 0.2) is 41.7 Å². The van der Waals surface area contributed by atoms with Crippen molar-refractivity contribution in [2.75, 3.05) is 6.61 Å². The molecule has 1 aromatic carbocycles. The van der Waals surface area contributed by atoms with Crippen LogP contribution in [0.5, 0.6) is 5.88 Å². The van der Waals surface area contributed by atoms with Crippen molar-refractivity contribution in [2.45, 2.75) is 77.7 Å². The molecule has 0 bridgehead atoms. The number of hydrogen-bond donors (Lipinski definition) is 0. The summed E-state index contributed by atoms with van der Waals surface area (Å²) in [6, 6.07) is 9.51. The zero-order valence-electron chi connectivity index (χ0n) is 20.3. The molecule has 34 heavy (non-hydrogen) atoms. The van der Waals surface area contributed by atoms with E-state index in [2.05, 4.69) is 10.1 Å². The van der Waals surface area contributed by atoms with Gasteiger partial charge in [-0.3, -0.25) is 4.79 Å². The van der Waals surface area contributed by atoms with Gasteiger partial charge in [0.1, 0.15) is 6.10 Å². The fraction of sp³-hybridized carbons (Fsp3) is 0.536. The van der Waals surface area contributed by atoms with Crippen LogP contribution < -0.4 is 4.74 Å². The molecule has 2 aliphatic rings. The van der Waals surface area contributed by atoms with Crippen LogP contribution in [0, 0.1) is 11.8 Å². The van der Waals surface area contributed by atoms with Gasteiger partial charge in [0.15, 0.2) is 5.78 Å². The number of rotatable bonds is 11. The summed E-state index contributed by atoms with van der Waals surface area (Å²) >= 11 is 6.08. The lowest BCUT2D eigenvalue weighted by atomic mass is 9.83. The van der Waals surface area contributed by atoms with E-state index in [-0.39, 0.29) is 11.9 Å². The van der Waals surface area contributed by atoms with E-state index >= 15 is 0 Å². The third-order valence-corrected chi connectivity index (χ3v) is 6.78. The lowest BCUT2D eigenvalue weighted by Crippen LogP contribution is -2.20. The Balaban J connectivity index is 1.41. The van der Waals surface area contributed by atoms with Crippen LogP contribution in [0.2, 0.25) is 5.02 Å². The minimum atomic E-state index is 0.0928. The topological polar surface area (TPSA) is 60.8 Å². The number of carbonyl (C=O) groups is 1. The molecule has 0 aliphatic heterocycles. The second kappa shape index (κ2) is 11.8. The van der Waals surface area contributed by atoms with Crippen LogP contribution in [0.25, 0.3) is 11.1 Å². The first-order valence-electron chi connectivity index (χ1n) is 12.6. The summed E-state index contributed by atoms with van der Waals surface area (Å²) in [5.74, 6) is 1.74. The third-order valence-electron chi connectivity index (χ3n) is 6.52. The van der Waals surface area contributed by atoms with Crippen LogP contribution in [-0.2, 0) is 4.84 Å². The van der Waals surface area contributed by atoms with Gasteiger partial charge < -0.3 is 9.57 Å². The zero-order valence-corrected chi connectivity index (χ0v) is 21.0. The first kappa shape index (κ1) is 24.7. The Morgan fingerprint density at radius 2 is 1.97 bits per heavy atom. The van der Waals surface area contributed by atoms with E-state index in [0.717, 1.165) is 42.5 Å². The largest absolute Gasteiger partial charge is 0.477 e. The lowest BCUT2D eigenvalue weighted by Gasteiger charge is -2.23. The molecule has 0 saturated heterocycles. The van der Waals surface area contributed by atoms with E-state index in [1.165, 1.54) is 25.7 Å². The smallest absolute Gasteiger partial charge is 0.221 e. The van der Waals surface area contributed by atoms with Crippen molar-refractivity contribution >= 4 is 23.1 Å². The van der Waals surface area contributed by atoms with Gasteiger partial charge in [0.05, 0.1) is 12.3 Å². The van der Waals surface area contributed by atoms with Gasteiger partial charge in [0.2, 0.25) is 5.88 Å². The number of benzene rings is 1. The molecule has 0 unspecified atom stereocenters. The number of halogens is 1. The minimum absolute atomic E-state index is 0.0928. The van der Waals surface area contributed by atoms with E-state index in [9.17, 15) is 4.79 Å². The summed E-state index contributed by atoms with van der Waals surface area (Å²) in [6.07, 6.45) is 11.0. The molecule has 6 heteroatoms. The van der Waals surface area contributed by atoms with Gasteiger partial charge in [-0.15, -0.1) is 0 Å². The van der Waals surface area contributed by atoms with Crippen molar-refractivity contribution in [3.63, 3.8) is 0 Å². The number of aromatic nitrogens is 1. The van der Waals surface area contributed by atoms with Crippen LogP contribution in [-0.4, -0.2) is 29.2 Å². The monoisotopic (exact) mass is 482 g/mol. The minimum Gasteiger partial charge on any atom is -0.477 e. The van der Waals surface area contributed by atoms with Gasteiger partial charge >= 0.3 is 0 Å². The Morgan fingerprint density at radius 1 is 1.18 bits per heavy atom. The highest BCUT2D eigenvalue weighted by Crippen LogP contribution is 2.34. The van der Waals surface area contributed by atoms with Gasteiger partial charge in [-0.2, -0.15) is 0 Å². The van der Waals surface area contributed by atoms with Crippen LogP contribution in [0.4, 0.5) is 0 Å². The van der Waals surface area contributed by atoms with Gasteiger partial charge in [-0.25, -0.2) is 4.98 Å². The Morgan fingerprint density at radius 3 is 2.71 bits per heavy atom. The molecule has 1 atom stereocenters. The molecule has 0 spiro atoms. The maximum Gasteiger partial charge on any atom is 0.221 e. The number of oxime groups is 1. The number of hydrogen-bond acceptors (Lipinski definition) is 5. The Labute approximate surface area is 207 Å². The number of ether oxygens (including phenoxy) is 1. The maximum atomic E-state index is 13.1. The first-order chi connectivity index (χ1) is 16.5. The second-order valence-electron chi connectivity index (χ2n) is 9.83. The zero-order chi connectivity index (χ0) is 23.9. The molecule has 0 N–H and O–H groups in total. The van der Waals surface area contributed by atoms with Crippen LogP contribution in [0.1, 0.15) is 82.0 Å². The summed E-state index contributed by atoms with van der Waals surface area (Å²) in [5.41, 5.74) is 3.59. The normalized spacial score (nSPS) is 19.4. The quantitative estimate of drug-likeness (QED) is 0.245. The van der Waals surface area contributed by atoms with Crippen LogP contribution >= 0.6 is 11.6 Å². The van der Waals surface area contributed by atoms with E-state index in [4.69, 9.17) is 21.2 Å². The molecule has 5 nitrogen and oxygen atoms in total. The van der Waals surface area contributed by atoms with Crippen molar-refractivity contribution in [2.24, 2.45) is 17.0 Å². The van der Waals surface area contributed by atoms with Gasteiger partial charge in [-0.05, 0) is 88.5 Å². The Kier molecular flexibility index (Phi) is 8.60. The summed E-state index contributed by atoms with van der Waals surface area (Å²) in [4.78, 5) is 23.1. The molecular weight excluding hydrogens is 448 g/mol. The van der Waals surface area contributed by atoms with Gasteiger partial charge in [0, 0.05) is 34.7 Å². The Hall–Kier alpha value is -2.40. The van der Waals surface area contributed by atoms with Crippen LogP contribution in [0.3, 0.4) is 0 Å². The highest BCUT2D eigenvalue weighted by molar-refractivity contribution is 6.30. The lowest BCUT2D eigenvalue weighted by molar-refractivity contribution is 0.0833. The number of Topliss-reactive ketones (excluding diaryl/α,β-unsaturated/α-hetero) is 1. The van der Waals surface area contributed by atoms with Crippen molar-refractivity contribution in [3.05, 3.63) is 47.1 Å². The average Bonchev–Trinajstić information content (AvgIpc) is 3.67. The molecule has 1 heterocycles. The highest BCUT2D eigenvalue weighted by atomic mass is 35.5. The molecule has 2 saturated carbocycles. The van der Waals surface area contributed by atoms with Crippen molar-refractivity contribution in [1.82, 2.24) is 4.98 Å². The molecule has 0 amide bonds. The number of nitrogens with zero attached hydrogens (tertiary/aromatic N) is 2. The number of carbonyl (C=O) groups excluding carboxylic acids is 1. The van der Waals surface area contributed by atoms with Crippen molar-refractivity contribution in [3.8, 4) is 17.0 Å². The molecule has 182 valence electrons. The fourth-order valence-corrected chi connectivity index (χ4v) is 4.49. The Bertz CT molecular complexity index is 999. The molecule has 4 rings (SSSR count). The summed E-state index contributed by atoms with van der Waals surface area (Å²) in [5, 5.41) is 5.09. The van der Waals surface area contributed by atoms with Crippen molar-refractivity contribution in [1.29, 1.82) is 0 Å². The number of ketones is 1. The summed E-state index contributed by atoms with van der Waals surface area (Å²) in [7, 11) is 0. The number of pyridine rings is 1. The SMILES string of the molecule is CC(C)O/N=C1\CCCC[C@@H]1CCCC(=O)c1cnc(OCC2CC2)c(-c2ccc(Cl)cc2)c1. The molecule has 2 aliphatic carbocycles. The summed E-state index contributed by atoms with van der Waals surface area (Å²) < 4.78 is 6.01. The van der Waals surface area contributed by atoms with E-state index in [1.807, 2.05) is 44.2 Å². The second-order valence-corrected chi connectivity index (χ2v) is 10.3. The highest BCUT2D eigenvalue weighted by Gasteiger charge is 2.24. The third kappa shape index (κ3) is 7.05. The van der Waals surface area contributed by atoms with Gasteiger partial charge in [-0.1, -0.05) is 35.3 Å². The molecule has 2 aromatic rings. The van der Waals surface area contributed by atoms with Gasteiger partial charge in [0.25, 0.3) is 0 Å². The molecule has 1 aromatic heterocycles. The van der Waals surface area contributed by atoms with E-state index in [0.29, 0.717) is 41.3 Å². The summed E-state index contributed by atoms with van der Waals surface area (Å²) in [6.45, 7) is 4.66. The average molecular weight is 483 g/mol. The van der Waals surface area contributed by atoms with E-state index in [1.54, 1.807) is 6.20 Å². The standard InChI is InChI=1S/C28H35ClN2O3/c1-19(2)34-31-26-8-4-3-6-22(26)7-5-9-27(32)23-16-25(21-12-14-24(29)15-13-21)28(30-17-23)33-18-20-10-11-20/h12-17,19-20,22H,3-11,18H2,1-2H3/b31-26+/t22-/m1/s1.